The average Bonchev–Trinajstić information content (AvgIpc) is 2.15. The summed E-state index contributed by atoms with van der Waals surface area (Å²) in [5, 5.41) is 19.2. The van der Waals surface area contributed by atoms with Crippen LogP contribution in [0.5, 0.6) is 0 Å². The van der Waals surface area contributed by atoms with E-state index < -0.39 is 40.6 Å². The molecule has 1 heterocycles. The number of halogens is 2. The lowest BCUT2D eigenvalue weighted by atomic mass is 10.1. The number of hydrogen-bond acceptors (Lipinski definition) is 5. The van der Waals surface area contributed by atoms with Crippen molar-refractivity contribution in [2.24, 2.45) is 0 Å². The molecule has 0 aromatic carbocycles. The molecule has 3 N–H and O–H groups in total. The van der Waals surface area contributed by atoms with Gasteiger partial charge in [0.25, 0.3) is 12.1 Å². The summed E-state index contributed by atoms with van der Waals surface area (Å²) in [6.07, 6.45) is -2.27. The highest BCUT2D eigenvalue weighted by Crippen LogP contribution is 2.32. The van der Waals surface area contributed by atoms with Gasteiger partial charge in [0.1, 0.15) is 12.0 Å². The fourth-order valence-electron chi connectivity index (χ4n) is 1.14. The Morgan fingerprint density at radius 3 is 2.67 bits per heavy atom. The molecule has 1 rings (SSSR count). The predicted molar refractivity (Wildman–Crippen MR) is 46.2 cm³/mol. The number of alkyl halides is 2. The lowest BCUT2D eigenvalue weighted by molar-refractivity contribution is -0.386. The van der Waals surface area contributed by atoms with Gasteiger partial charge >= 0.3 is 0 Å². The summed E-state index contributed by atoms with van der Waals surface area (Å²) >= 11 is 0. The molecular formula is C7H7F2N3O3. The minimum Gasteiger partial charge on any atom is -0.391 e. The summed E-state index contributed by atoms with van der Waals surface area (Å²) in [5.74, 6) is -0.514. The number of nitrogens with two attached hydrogens (primary N) is 1. The Hall–Kier alpha value is -1.83. The number of nitrogens with zero attached hydrogens (tertiary/aromatic N) is 2. The highest BCUT2D eigenvalue weighted by Gasteiger charge is 2.25. The average molecular weight is 219 g/mol. The number of aliphatic hydroxyl groups is 1. The van der Waals surface area contributed by atoms with Crippen molar-refractivity contribution < 1.29 is 18.8 Å². The molecule has 0 aliphatic carbocycles. The van der Waals surface area contributed by atoms with Gasteiger partial charge in [-0.3, -0.25) is 10.1 Å². The predicted octanol–water partition coefficient (Wildman–Crippen LogP) is 1.00. The molecule has 0 bridgehead atoms. The highest BCUT2D eigenvalue weighted by molar-refractivity contribution is 5.54. The lowest BCUT2D eigenvalue weighted by Crippen LogP contribution is -2.07. The molecule has 0 unspecified atom stereocenters. The molecule has 82 valence electrons. The zero-order valence-electron chi connectivity index (χ0n) is 7.35. The van der Waals surface area contributed by atoms with Gasteiger partial charge < -0.3 is 10.8 Å². The van der Waals surface area contributed by atoms with Gasteiger partial charge in [-0.2, -0.15) is 0 Å². The molecule has 0 aliphatic heterocycles. The summed E-state index contributed by atoms with van der Waals surface area (Å²) < 4.78 is 24.9. The van der Waals surface area contributed by atoms with E-state index in [9.17, 15) is 18.9 Å². The molecule has 0 atom stereocenters. The number of hydrogen-bond donors (Lipinski definition) is 2. The first-order valence-corrected chi connectivity index (χ1v) is 3.79. The number of nitro groups is 1. The maximum atomic E-state index is 12.5. The van der Waals surface area contributed by atoms with E-state index in [0.29, 0.717) is 0 Å². The van der Waals surface area contributed by atoms with Crippen LogP contribution in [0.3, 0.4) is 0 Å². The number of anilines is 1. The summed E-state index contributed by atoms with van der Waals surface area (Å²) in [4.78, 5) is 12.8. The molecule has 8 heteroatoms. The molecule has 0 aliphatic rings. The van der Waals surface area contributed by atoms with Crippen LogP contribution in [0.1, 0.15) is 17.6 Å². The van der Waals surface area contributed by atoms with E-state index in [1.54, 1.807) is 0 Å². The van der Waals surface area contributed by atoms with Crippen LogP contribution in [0.25, 0.3) is 0 Å². The number of pyridine rings is 1. The van der Waals surface area contributed by atoms with Crippen LogP contribution in [0, 0.1) is 10.1 Å². The van der Waals surface area contributed by atoms with Crippen molar-refractivity contribution in [3.8, 4) is 0 Å². The van der Waals surface area contributed by atoms with Crippen LogP contribution >= 0.6 is 0 Å². The summed E-state index contributed by atoms with van der Waals surface area (Å²) in [6, 6.07) is 0. The standard InChI is InChI=1S/C7H7F2N3O3/c8-6(9)5-3(2-13)4(12(14)15)1-11-7(5)10/h1,6,13H,2H2,(H2,10,11). The van der Waals surface area contributed by atoms with Gasteiger partial charge in [-0.1, -0.05) is 0 Å². The van der Waals surface area contributed by atoms with E-state index in [1.807, 2.05) is 0 Å². The summed E-state index contributed by atoms with van der Waals surface area (Å²) in [7, 11) is 0. The van der Waals surface area contributed by atoms with E-state index in [1.165, 1.54) is 0 Å². The van der Waals surface area contributed by atoms with E-state index in [4.69, 9.17) is 10.8 Å². The highest BCUT2D eigenvalue weighted by atomic mass is 19.3. The molecule has 0 fully saturated rings. The maximum absolute atomic E-state index is 12.5. The van der Waals surface area contributed by atoms with Crippen molar-refractivity contribution in [2.75, 3.05) is 5.73 Å². The zero-order valence-corrected chi connectivity index (χ0v) is 7.35. The fraction of sp³-hybridized carbons (Fsp3) is 0.286. The Kier molecular flexibility index (Phi) is 3.10. The largest absolute Gasteiger partial charge is 0.391 e. The normalized spacial score (nSPS) is 10.7. The van der Waals surface area contributed by atoms with Crippen molar-refractivity contribution in [1.82, 2.24) is 4.98 Å². The van der Waals surface area contributed by atoms with Gasteiger partial charge in [0, 0.05) is 0 Å². The summed E-state index contributed by atoms with van der Waals surface area (Å²) in [5.41, 5.74) is 3.19. The van der Waals surface area contributed by atoms with Crippen LogP contribution in [-0.2, 0) is 6.61 Å². The van der Waals surface area contributed by atoms with Gasteiger partial charge in [0.2, 0.25) is 0 Å². The Morgan fingerprint density at radius 1 is 1.67 bits per heavy atom. The van der Waals surface area contributed by atoms with E-state index in [0.717, 1.165) is 6.20 Å². The van der Waals surface area contributed by atoms with Crippen LogP contribution < -0.4 is 5.73 Å². The van der Waals surface area contributed by atoms with Crippen LogP contribution in [-0.4, -0.2) is 15.0 Å². The molecule has 1 aromatic heterocycles. The third kappa shape index (κ3) is 1.99. The van der Waals surface area contributed by atoms with Crippen LogP contribution in [0.2, 0.25) is 0 Å². The number of rotatable bonds is 3. The third-order valence-electron chi connectivity index (χ3n) is 1.81. The van der Waals surface area contributed by atoms with Gasteiger partial charge in [-0.15, -0.1) is 0 Å². The van der Waals surface area contributed by atoms with Crippen LogP contribution in [0.4, 0.5) is 20.3 Å². The second-order valence-electron chi connectivity index (χ2n) is 2.64. The van der Waals surface area contributed by atoms with Gasteiger partial charge in [0.15, 0.2) is 0 Å². The van der Waals surface area contributed by atoms with Crippen LogP contribution in [0.15, 0.2) is 6.20 Å². The Morgan fingerprint density at radius 2 is 2.27 bits per heavy atom. The monoisotopic (exact) mass is 219 g/mol. The first-order chi connectivity index (χ1) is 6.99. The van der Waals surface area contributed by atoms with Gasteiger partial charge in [-0.25, -0.2) is 13.8 Å². The Labute approximate surface area is 82.5 Å². The molecule has 15 heavy (non-hydrogen) atoms. The maximum Gasteiger partial charge on any atom is 0.293 e. The molecule has 0 saturated heterocycles. The van der Waals surface area contributed by atoms with Crippen molar-refractivity contribution in [3.63, 3.8) is 0 Å². The van der Waals surface area contributed by atoms with E-state index >= 15 is 0 Å². The van der Waals surface area contributed by atoms with Crippen molar-refractivity contribution in [3.05, 3.63) is 27.4 Å². The lowest BCUT2D eigenvalue weighted by Gasteiger charge is -2.08. The molecule has 0 radical (unpaired) electrons. The third-order valence-corrected chi connectivity index (χ3v) is 1.81. The second-order valence-corrected chi connectivity index (χ2v) is 2.64. The second kappa shape index (κ2) is 4.13. The molecule has 0 amide bonds. The van der Waals surface area contributed by atoms with E-state index in [2.05, 4.69) is 4.98 Å². The van der Waals surface area contributed by atoms with Crippen molar-refractivity contribution >= 4 is 11.5 Å². The number of aliphatic hydroxyl groups excluding tert-OH is 1. The zero-order chi connectivity index (χ0) is 11.6. The molecular weight excluding hydrogens is 212 g/mol. The number of aromatic nitrogens is 1. The first-order valence-electron chi connectivity index (χ1n) is 3.79. The van der Waals surface area contributed by atoms with Gasteiger partial charge in [0.05, 0.1) is 22.7 Å². The Bertz CT molecular complexity index is 397. The SMILES string of the molecule is Nc1ncc([N+](=O)[O-])c(CO)c1C(F)F. The molecule has 0 saturated carbocycles. The minimum atomic E-state index is -3.01. The molecule has 1 aromatic rings. The Balaban J connectivity index is 3.47. The first kappa shape index (κ1) is 11.2. The topological polar surface area (TPSA) is 102 Å². The number of nitrogen functional groups attached to an aromatic ring is 1. The smallest absolute Gasteiger partial charge is 0.293 e. The fourth-order valence-corrected chi connectivity index (χ4v) is 1.14. The van der Waals surface area contributed by atoms with Crippen molar-refractivity contribution in [2.45, 2.75) is 13.0 Å². The van der Waals surface area contributed by atoms with Crippen molar-refractivity contribution in [1.29, 1.82) is 0 Å². The van der Waals surface area contributed by atoms with E-state index in [-0.39, 0.29) is 0 Å². The quantitative estimate of drug-likeness (QED) is 0.583. The molecule has 0 spiro atoms. The summed E-state index contributed by atoms with van der Waals surface area (Å²) in [6.45, 7) is -0.886. The van der Waals surface area contributed by atoms with Gasteiger partial charge in [-0.05, 0) is 0 Å². The molecule has 6 nitrogen and oxygen atoms in total. The minimum absolute atomic E-state index is 0.498.